The van der Waals surface area contributed by atoms with Crippen LogP contribution in [-0.2, 0) is 19.3 Å². The van der Waals surface area contributed by atoms with E-state index in [1.54, 1.807) is 7.11 Å². The molecule has 0 spiro atoms. The number of hydrogen-bond acceptors (Lipinski definition) is 6. The van der Waals surface area contributed by atoms with Gasteiger partial charge in [-0.3, -0.25) is 0 Å². The van der Waals surface area contributed by atoms with Crippen molar-refractivity contribution in [1.82, 2.24) is 5.32 Å². The van der Waals surface area contributed by atoms with E-state index in [-0.39, 0.29) is 12.4 Å². The van der Waals surface area contributed by atoms with Crippen molar-refractivity contribution in [2.75, 3.05) is 52.0 Å². The molecule has 0 heterocycles. The summed E-state index contributed by atoms with van der Waals surface area (Å²) in [6, 6.07) is 0. The molecule has 0 aromatic rings. The van der Waals surface area contributed by atoms with Gasteiger partial charge in [0.15, 0.2) is 0 Å². The fourth-order valence-corrected chi connectivity index (χ4v) is 1.46. The van der Waals surface area contributed by atoms with Crippen LogP contribution in [0.25, 0.3) is 0 Å². The molecule has 6 nitrogen and oxygen atoms in total. The Morgan fingerprint density at radius 3 is 2.62 bits per heavy atom. The first kappa shape index (κ1) is 15.8. The molecule has 0 fully saturated rings. The maximum atomic E-state index is 10.8. The van der Waals surface area contributed by atoms with Crippen LogP contribution in [0.4, 0.5) is 0 Å². The van der Waals surface area contributed by atoms with Gasteiger partial charge in [-0.25, -0.2) is 8.42 Å². The lowest BCUT2D eigenvalue weighted by Gasteiger charge is -2.11. The summed E-state index contributed by atoms with van der Waals surface area (Å²) in [6.45, 7) is 1.82. The van der Waals surface area contributed by atoms with E-state index in [0.29, 0.717) is 26.3 Å². The van der Waals surface area contributed by atoms with E-state index in [2.05, 4.69) is 5.32 Å². The van der Waals surface area contributed by atoms with Gasteiger partial charge in [0.2, 0.25) is 0 Å². The lowest BCUT2D eigenvalue weighted by molar-refractivity contribution is 0.0140. The molecule has 0 aliphatic heterocycles. The van der Waals surface area contributed by atoms with E-state index in [9.17, 15) is 13.5 Å². The summed E-state index contributed by atoms with van der Waals surface area (Å²) in [5, 5.41) is 12.2. The molecule has 1 atom stereocenters. The SMILES string of the molecule is COCCOCC(O)CNCCS(C)(=O)=O. The van der Waals surface area contributed by atoms with Crippen LogP contribution in [0.3, 0.4) is 0 Å². The zero-order valence-corrected chi connectivity index (χ0v) is 10.6. The summed E-state index contributed by atoms with van der Waals surface area (Å²) >= 11 is 0. The third-order valence-electron chi connectivity index (χ3n) is 1.77. The number of aliphatic hydroxyl groups excluding tert-OH is 1. The predicted molar refractivity (Wildman–Crippen MR) is 61.3 cm³/mol. The van der Waals surface area contributed by atoms with Gasteiger partial charge in [-0.2, -0.15) is 0 Å². The van der Waals surface area contributed by atoms with E-state index in [0.717, 1.165) is 0 Å². The second kappa shape index (κ2) is 8.89. The zero-order chi connectivity index (χ0) is 12.4. The van der Waals surface area contributed by atoms with Gasteiger partial charge >= 0.3 is 0 Å². The van der Waals surface area contributed by atoms with E-state index < -0.39 is 15.9 Å². The molecule has 0 amide bonds. The molecular weight excluding hydrogens is 234 g/mol. The Kier molecular flexibility index (Phi) is 8.77. The van der Waals surface area contributed by atoms with Crippen molar-refractivity contribution in [2.24, 2.45) is 0 Å². The molecule has 16 heavy (non-hydrogen) atoms. The van der Waals surface area contributed by atoms with Crippen molar-refractivity contribution in [3.8, 4) is 0 Å². The van der Waals surface area contributed by atoms with Crippen molar-refractivity contribution in [1.29, 1.82) is 0 Å². The number of nitrogens with one attached hydrogen (secondary N) is 1. The van der Waals surface area contributed by atoms with Crippen LogP contribution in [0, 0.1) is 0 Å². The highest BCUT2D eigenvalue weighted by atomic mass is 32.2. The maximum absolute atomic E-state index is 10.8. The molecule has 0 aromatic heterocycles. The van der Waals surface area contributed by atoms with Crippen molar-refractivity contribution in [2.45, 2.75) is 6.10 Å². The maximum Gasteiger partial charge on any atom is 0.148 e. The Morgan fingerprint density at radius 1 is 1.38 bits per heavy atom. The molecule has 0 aliphatic rings. The van der Waals surface area contributed by atoms with Gasteiger partial charge < -0.3 is 19.9 Å². The van der Waals surface area contributed by atoms with E-state index in [1.807, 2.05) is 0 Å². The predicted octanol–water partition coefficient (Wildman–Crippen LogP) is -1.36. The molecule has 2 N–H and O–H groups in total. The molecule has 98 valence electrons. The Bertz CT molecular complexity index is 255. The van der Waals surface area contributed by atoms with Crippen molar-refractivity contribution in [3.05, 3.63) is 0 Å². The Labute approximate surface area is 96.9 Å². The summed E-state index contributed by atoms with van der Waals surface area (Å²) in [4.78, 5) is 0. The second-order valence-electron chi connectivity index (χ2n) is 3.56. The summed E-state index contributed by atoms with van der Waals surface area (Å²) < 4.78 is 31.4. The average molecular weight is 255 g/mol. The molecule has 0 saturated carbocycles. The quantitative estimate of drug-likeness (QED) is 0.469. The van der Waals surface area contributed by atoms with Crippen LogP contribution >= 0.6 is 0 Å². The van der Waals surface area contributed by atoms with Gasteiger partial charge in [0, 0.05) is 26.5 Å². The van der Waals surface area contributed by atoms with Crippen LogP contribution in [0.5, 0.6) is 0 Å². The van der Waals surface area contributed by atoms with Crippen molar-refractivity contribution < 1.29 is 23.0 Å². The van der Waals surface area contributed by atoms with E-state index in [4.69, 9.17) is 9.47 Å². The molecular formula is C9H21NO5S. The molecule has 0 aromatic carbocycles. The monoisotopic (exact) mass is 255 g/mol. The zero-order valence-electron chi connectivity index (χ0n) is 9.81. The van der Waals surface area contributed by atoms with Crippen LogP contribution < -0.4 is 5.32 Å². The van der Waals surface area contributed by atoms with Gasteiger partial charge in [-0.05, 0) is 0 Å². The van der Waals surface area contributed by atoms with Gasteiger partial charge in [0.05, 0.1) is 31.7 Å². The fourth-order valence-electron chi connectivity index (χ4n) is 0.947. The molecule has 0 bridgehead atoms. The average Bonchev–Trinajstić information content (AvgIpc) is 2.18. The summed E-state index contributed by atoms with van der Waals surface area (Å²) in [5.74, 6) is 0.0737. The molecule has 0 aliphatic carbocycles. The Hall–Kier alpha value is -0.210. The van der Waals surface area contributed by atoms with Crippen LogP contribution in [0.2, 0.25) is 0 Å². The normalized spacial score (nSPS) is 13.9. The first-order valence-electron chi connectivity index (χ1n) is 5.09. The largest absolute Gasteiger partial charge is 0.389 e. The number of hydrogen-bond donors (Lipinski definition) is 2. The highest BCUT2D eigenvalue weighted by Crippen LogP contribution is 1.85. The van der Waals surface area contributed by atoms with E-state index >= 15 is 0 Å². The van der Waals surface area contributed by atoms with Crippen LogP contribution in [0.15, 0.2) is 0 Å². The molecule has 7 heteroatoms. The molecule has 0 saturated heterocycles. The second-order valence-corrected chi connectivity index (χ2v) is 5.82. The summed E-state index contributed by atoms with van der Waals surface area (Å²) in [6.07, 6.45) is 0.551. The van der Waals surface area contributed by atoms with Gasteiger partial charge in [-0.15, -0.1) is 0 Å². The van der Waals surface area contributed by atoms with Gasteiger partial charge in [-0.1, -0.05) is 0 Å². The first-order chi connectivity index (χ1) is 7.45. The molecule has 0 radical (unpaired) electrons. The number of methoxy groups -OCH3 is 1. The van der Waals surface area contributed by atoms with Gasteiger partial charge in [0.1, 0.15) is 9.84 Å². The van der Waals surface area contributed by atoms with Crippen molar-refractivity contribution >= 4 is 9.84 Å². The Balaban J connectivity index is 3.33. The third kappa shape index (κ3) is 11.9. The lowest BCUT2D eigenvalue weighted by Crippen LogP contribution is -2.33. The number of ether oxygens (including phenoxy) is 2. The molecule has 1 unspecified atom stereocenters. The summed E-state index contributed by atoms with van der Waals surface area (Å²) in [5.41, 5.74) is 0. The minimum absolute atomic E-state index is 0.0737. The topological polar surface area (TPSA) is 84.9 Å². The number of aliphatic hydroxyl groups is 1. The minimum Gasteiger partial charge on any atom is -0.389 e. The first-order valence-corrected chi connectivity index (χ1v) is 7.15. The Morgan fingerprint density at radius 2 is 2.06 bits per heavy atom. The lowest BCUT2D eigenvalue weighted by atomic mass is 10.4. The highest BCUT2D eigenvalue weighted by molar-refractivity contribution is 7.90. The minimum atomic E-state index is -2.94. The van der Waals surface area contributed by atoms with E-state index in [1.165, 1.54) is 6.26 Å². The third-order valence-corrected chi connectivity index (χ3v) is 2.72. The van der Waals surface area contributed by atoms with Crippen molar-refractivity contribution in [3.63, 3.8) is 0 Å². The van der Waals surface area contributed by atoms with Crippen LogP contribution in [0.1, 0.15) is 0 Å². The number of sulfone groups is 1. The fraction of sp³-hybridized carbons (Fsp3) is 1.00. The highest BCUT2D eigenvalue weighted by Gasteiger charge is 2.05. The number of rotatable bonds is 10. The standard InChI is InChI=1S/C9H21NO5S/c1-14-4-5-15-8-9(11)7-10-3-6-16(2,12)13/h9-11H,3-8H2,1-2H3. The molecule has 0 rings (SSSR count). The van der Waals surface area contributed by atoms with Gasteiger partial charge in [0.25, 0.3) is 0 Å². The summed E-state index contributed by atoms with van der Waals surface area (Å²) in [7, 11) is -1.36. The smallest absolute Gasteiger partial charge is 0.148 e. The van der Waals surface area contributed by atoms with Crippen LogP contribution in [-0.4, -0.2) is 71.7 Å².